The van der Waals surface area contributed by atoms with Crippen LogP contribution in [0.3, 0.4) is 0 Å². The van der Waals surface area contributed by atoms with Crippen molar-refractivity contribution in [3.05, 3.63) is 0 Å². The van der Waals surface area contributed by atoms with Crippen LogP contribution in [0.5, 0.6) is 0 Å². The van der Waals surface area contributed by atoms with E-state index in [1.165, 1.54) is 12.8 Å². The summed E-state index contributed by atoms with van der Waals surface area (Å²) in [6.45, 7) is 21.5. The molecular formula is C16H34. The predicted molar refractivity (Wildman–Crippen MR) is 75.6 cm³/mol. The first-order valence-electron chi connectivity index (χ1n) is 7.02. The van der Waals surface area contributed by atoms with Crippen molar-refractivity contribution in [2.75, 3.05) is 0 Å². The molecule has 2 atom stereocenters. The van der Waals surface area contributed by atoms with Crippen LogP contribution in [0.2, 0.25) is 0 Å². The highest BCUT2D eigenvalue weighted by atomic mass is 14.4. The van der Waals surface area contributed by atoms with Crippen molar-refractivity contribution in [3.63, 3.8) is 0 Å². The molecule has 0 aliphatic carbocycles. The van der Waals surface area contributed by atoms with E-state index in [-0.39, 0.29) is 0 Å². The molecule has 0 aromatic heterocycles. The zero-order chi connectivity index (χ0) is 13.1. The van der Waals surface area contributed by atoms with Gasteiger partial charge in [0.2, 0.25) is 0 Å². The summed E-state index contributed by atoms with van der Waals surface area (Å²) in [5, 5.41) is 0. The Morgan fingerprint density at radius 3 is 1.56 bits per heavy atom. The van der Waals surface area contributed by atoms with Crippen molar-refractivity contribution in [2.24, 2.45) is 28.6 Å². The van der Waals surface area contributed by atoms with E-state index >= 15 is 0 Å². The standard InChI is InChI=1S/C16H34/c1-10-16(8,9)14(12(2)3)11-13(4)15(5,6)7/h12-14H,10-11H2,1-9H3. The maximum atomic E-state index is 2.44. The lowest BCUT2D eigenvalue weighted by Gasteiger charge is -2.41. The fourth-order valence-electron chi connectivity index (χ4n) is 2.49. The van der Waals surface area contributed by atoms with Crippen LogP contribution in [0.4, 0.5) is 0 Å². The predicted octanol–water partition coefficient (Wildman–Crippen LogP) is 5.77. The Balaban J connectivity index is 4.72. The zero-order valence-corrected chi connectivity index (χ0v) is 13.1. The summed E-state index contributed by atoms with van der Waals surface area (Å²) in [5.41, 5.74) is 0.921. The monoisotopic (exact) mass is 226 g/mol. The number of rotatable bonds is 5. The molecule has 0 rings (SSSR count). The Bertz CT molecular complexity index is 193. The Morgan fingerprint density at radius 2 is 1.31 bits per heavy atom. The molecule has 2 unspecified atom stereocenters. The Hall–Kier alpha value is 0. The van der Waals surface area contributed by atoms with Gasteiger partial charge >= 0.3 is 0 Å². The third-order valence-electron chi connectivity index (χ3n) is 4.81. The lowest BCUT2D eigenvalue weighted by atomic mass is 9.65. The van der Waals surface area contributed by atoms with E-state index in [1.807, 2.05) is 0 Å². The highest BCUT2D eigenvalue weighted by molar-refractivity contribution is 4.83. The normalized spacial score (nSPS) is 17.6. The van der Waals surface area contributed by atoms with Crippen LogP contribution in [0.25, 0.3) is 0 Å². The van der Waals surface area contributed by atoms with E-state index < -0.39 is 0 Å². The maximum Gasteiger partial charge on any atom is -0.0326 e. The maximum absolute atomic E-state index is 2.44. The molecule has 0 amide bonds. The van der Waals surface area contributed by atoms with Gasteiger partial charge in [0.1, 0.15) is 0 Å². The smallest absolute Gasteiger partial charge is 0.0326 e. The van der Waals surface area contributed by atoms with Gasteiger partial charge in [-0.1, -0.05) is 68.7 Å². The van der Waals surface area contributed by atoms with Crippen molar-refractivity contribution in [3.8, 4) is 0 Å². The largest absolute Gasteiger partial charge is 0.0649 e. The van der Waals surface area contributed by atoms with Crippen molar-refractivity contribution in [1.29, 1.82) is 0 Å². The van der Waals surface area contributed by atoms with Gasteiger partial charge in [0.15, 0.2) is 0 Å². The fourth-order valence-corrected chi connectivity index (χ4v) is 2.49. The highest BCUT2D eigenvalue weighted by Crippen LogP contribution is 2.42. The van der Waals surface area contributed by atoms with E-state index in [4.69, 9.17) is 0 Å². The molecule has 0 N–H and O–H groups in total. The quantitative estimate of drug-likeness (QED) is 0.558. The minimum absolute atomic E-state index is 0.441. The molecule has 0 heteroatoms. The molecule has 0 aliphatic heterocycles. The third-order valence-corrected chi connectivity index (χ3v) is 4.81. The Morgan fingerprint density at radius 1 is 0.875 bits per heavy atom. The van der Waals surface area contributed by atoms with Gasteiger partial charge in [0, 0.05) is 0 Å². The average Bonchev–Trinajstić information content (AvgIpc) is 2.11. The summed E-state index contributed by atoms with van der Waals surface area (Å²) in [5.74, 6) is 2.43. The van der Waals surface area contributed by atoms with Crippen LogP contribution in [-0.2, 0) is 0 Å². The highest BCUT2D eigenvalue weighted by Gasteiger charge is 2.33. The van der Waals surface area contributed by atoms with Gasteiger partial charge in [0.05, 0.1) is 0 Å². The lowest BCUT2D eigenvalue weighted by molar-refractivity contribution is 0.0911. The van der Waals surface area contributed by atoms with Crippen LogP contribution in [0, 0.1) is 28.6 Å². The molecule has 0 nitrogen and oxygen atoms in total. The van der Waals surface area contributed by atoms with Gasteiger partial charge in [-0.05, 0) is 35.0 Å². The van der Waals surface area contributed by atoms with Gasteiger partial charge in [-0.25, -0.2) is 0 Å². The van der Waals surface area contributed by atoms with E-state index in [0.29, 0.717) is 10.8 Å². The van der Waals surface area contributed by atoms with Gasteiger partial charge in [0.25, 0.3) is 0 Å². The lowest BCUT2D eigenvalue weighted by Crippen LogP contribution is -2.32. The molecule has 98 valence electrons. The summed E-state index contributed by atoms with van der Waals surface area (Å²) in [6, 6.07) is 0. The molecule has 0 spiro atoms. The minimum Gasteiger partial charge on any atom is -0.0649 e. The minimum atomic E-state index is 0.441. The van der Waals surface area contributed by atoms with Crippen LogP contribution in [0.15, 0.2) is 0 Å². The zero-order valence-electron chi connectivity index (χ0n) is 13.1. The van der Waals surface area contributed by atoms with Crippen LogP contribution in [0.1, 0.15) is 75.2 Å². The van der Waals surface area contributed by atoms with Crippen molar-refractivity contribution >= 4 is 0 Å². The molecule has 0 fully saturated rings. The number of hydrogen-bond acceptors (Lipinski definition) is 0. The van der Waals surface area contributed by atoms with Gasteiger partial charge in [-0.3, -0.25) is 0 Å². The van der Waals surface area contributed by atoms with Gasteiger partial charge in [-0.2, -0.15) is 0 Å². The second-order valence-corrected chi connectivity index (χ2v) is 7.70. The van der Waals surface area contributed by atoms with Crippen LogP contribution >= 0.6 is 0 Å². The first-order valence-corrected chi connectivity index (χ1v) is 7.02. The molecule has 0 saturated heterocycles. The molecule has 16 heavy (non-hydrogen) atoms. The third kappa shape index (κ3) is 4.47. The van der Waals surface area contributed by atoms with Crippen molar-refractivity contribution in [1.82, 2.24) is 0 Å². The second-order valence-electron chi connectivity index (χ2n) is 7.70. The molecule has 0 aliphatic rings. The van der Waals surface area contributed by atoms with Crippen LogP contribution < -0.4 is 0 Å². The second kappa shape index (κ2) is 5.56. The molecule has 0 radical (unpaired) electrons. The molecule has 0 saturated carbocycles. The fraction of sp³-hybridized carbons (Fsp3) is 1.00. The first kappa shape index (κ1) is 16.0. The first-order chi connectivity index (χ1) is 7.02. The van der Waals surface area contributed by atoms with Crippen molar-refractivity contribution < 1.29 is 0 Å². The summed E-state index contributed by atoms with van der Waals surface area (Å²) in [6.07, 6.45) is 2.65. The summed E-state index contributed by atoms with van der Waals surface area (Å²) >= 11 is 0. The van der Waals surface area contributed by atoms with E-state index in [9.17, 15) is 0 Å². The summed E-state index contributed by atoms with van der Waals surface area (Å²) in [4.78, 5) is 0. The number of hydrogen-bond donors (Lipinski definition) is 0. The Labute approximate surface area is 104 Å². The summed E-state index contributed by atoms with van der Waals surface area (Å²) < 4.78 is 0. The van der Waals surface area contributed by atoms with E-state index in [1.54, 1.807) is 0 Å². The van der Waals surface area contributed by atoms with Gasteiger partial charge < -0.3 is 0 Å². The molecule has 0 heterocycles. The Kier molecular flexibility index (Phi) is 5.56. The summed E-state index contributed by atoms with van der Waals surface area (Å²) in [7, 11) is 0. The van der Waals surface area contributed by atoms with Crippen LogP contribution in [-0.4, -0.2) is 0 Å². The average molecular weight is 226 g/mol. The van der Waals surface area contributed by atoms with Crippen molar-refractivity contribution in [2.45, 2.75) is 75.2 Å². The molecule has 0 bridgehead atoms. The van der Waals surface area contributed by atoms with E-state index in [0.717, 1.165) is 17.8 Å². The van der Waals surface area contributed by atoms with E-state index in [2.05, 4.69) is 62.3 Å². The topological polar surface area (TPSA) is 0 Å². The SMILES string of the molecule is CCC(C)(C)C(CC(C)C(C)(C)C)C(C)C. The van der Waals surface area contributed by atoms with Gasteiger partial charge in [-0.15, -0.1) is 0 Å². The molecule has 0 aromatic carbocycles. The molecule has 0 aromatic rings. The molecular weight excluding hydrogens is 192 g/mol.